The van der Waals surface area contributed by atoms with Gasteiger partial charge in [0.2, 0.25) is 0 Å². The van der Waals surface area contributed by atoms with Crippen molar-refractivity contribution in [1.82, 2.24) is 0 Å². The van der Waals surface area contributed by atoms with Gasteiger partial charge in [0.05, 0.1) is 15.8 Å². The lowest BCUT2D eigenvalue weighted by atomic mass is 10.3. The van der Waals surface area contributed by atoms with Gasteiger partial charge in [-0.25, -0.2) is 0 Å². The molecule has 0 spiro atoms. The molecule has 0 aliphatic carbocycles. The van der Waals surface area contributed by atoms with E-state index in [1.54, 1.807) is 0 Å². The minimum Gasteiger partial charge on any atom is -0.505 e. The summed E-state index contributed by atoms with van der Waals surface area (Å²) < 4.78 is 35.7. The standard InChI is InChI=1S/C8H5Cl2F3OS/c9-5-1-4(2-6(10)7(5)14)15-3-8(11,12)13/h1-2,14H,3H2. The van der Waals surface area contributed by atoms with E-state index in [0.717, 1.165) is 0 Å². The molecular formula is C8H5Cl2F3OS. The number of phenolic OH excluding ortho intramolecular Hbond substituents is 1. The van der Waals surface area contributed by atoms with E-state index >= 15 is 0 Å². The van der Waals surface area contributed by atoms with E-state index < -0.39 is 11.9 Å². The molecule has 1 aromatic carbocycles. The van der Waals surface area contributed by atoms with Crippen LogP contribution in [-0.2, 0) is 0 Å². The lowest BCUT2D eigenvalue weighted by molar-refractivity contribution is -0.105. The van der Waals surface area contributed by atoms with Crippen molar-refractivity contribution in [3.63, 3.8) is 0 Å². The number of alkyl halides is 3. The number of thioether (sulfide) groups is 1. The van der Waals surface area contributed by atoms with Gasteiger partial charge in [-0.1, -0.05) is 23.2 Å². The fourth-order valence-corrected chi connectivity index (χ4v) is 2.14. The van der Waals surface area contributed by atoms with Gasteiger partial charge in [-0.3, -0.25) is 0 Å². The second-order valence-corrected chi connectivity index (χ2v) is 4.50. The van der Waals surface area contributed by atoms with Gasteiger partial charge in [0.15, 0.2) is 5.75 Å². The van der Waals surface area contributed by atoms with Crippen LogP contribution in [0.4, 0.5) is 13.2 Å². The smallest absolute Gasteiger partial charge is 0.398 e. The molecule has 0 saturated carbocycles. The molecule has 0 fully saturated rings. The first-order chi connectivity index (χ1) is 6.79. The van der Waals surface area contributed by atoms with E-state index in [-0.39, 0.29) is 20.7 Å². The molecule has 1 N–H and O–H groups in total. The maximum Gasteiger partial charge on any atom is 0.398 e. The Kier molecular flexibility index (Phi) is 4.03. The molecule has 0 saturated heterocycles. The number of halogens is 5. The van der Waals surface area contributed by atoms with Crippen LogP contribution in [-0.4, -0.2) is 17.0 Å². The Morgan fingerprint density at radius 3 is 2.07 bits per heavy atom. The Morgan fingerprint density at radius 2 is 1.67 bits per heavy atom. The van der Waals surface area contributed by atoms with Crippen molar-refractivity contribution in [3.05, 3.63) is 22.2 Å². The van der Waals surface area contributed by atoms with Crippen molar-refractivity contribution in [1.29, 1.82) is 0 Å². The van der Waals surface area contributed by atoms with Crippen LogP contribution in [0.5, 0.6) is 5.75 Å². The third kappa shape index (κ3) is 4.01. The topological polar surface area (TPSA) is 20.2 Å². The van der Waals surface area contributed by atoms with Crippen LogP contribution in [0.3, 0.4) is 0 Å². The zero-order valence-corrected chi connectivity index (χ0v) is 9.44. The van der Waals surface area contributed by atoms with Gasteiger partial charge < -0.3 is 5.11 Å². The van der Waals surface area contributed by atoms with Gasteiger partial charge in [0.1, 0.15) is 0 Å². The fourth-order valence-electron chi connectivity index (χ4n) is 0.791. The van der Waals surface area contributed by atoms with Gasteiger partial charge >= 0.3 is 6.18 Å². The molecule has 1 nitrogen and oxygen atoms in total. The zero-order valence-electron chi connectivity index (χ0n) is 7.11. The van der Waals surface area contributed by atoms with Gasteiger partial charge in [-0.2, -0.15) is 13.2 Å². The van der Waals surface area contributed by atoms with Crippen molar-refractivity contribution in [2.75, 3.05) is 5.75 Å². The number of benzene rings is 1. The number of phenols is 1. The molecule has 0 aromatic heterocycles. The predicted molar refractivity (Wildman–Crippen MR) is 54.9 cm³/mol. The molecule has 1 aromatic rings. The first-order valence-electron chi connectivity index (χ1n) is 3.67. The molecule has 0 radical (unpaired) electrons. The van der Waals surface area contributed by atoms with Crippen LogP contribution in [0.15, 0.2) is 17.0 Å². The summed E-state index contributed by atoms with van der Waals surface area (Å²) in [6.07, 6.45) is -4.25. The maximum atomic E-state index is 11.9. The lowest BCUT2D eigenvalue weighted by Gasteiger charge is -2.07. The molecule has 7 heteroatoms. The molecule has 0 bridgehead atoms. The van der Waals surface area contributed by atoms with Crippen molar-refractivity contribution in [2.45, 2.75) is 11.1 Å². The van der Waals surface area contributed by atoms with Gasteiger partial charge in [-0.15, -0.1) is 11.8 Å². The van der Waals surface area contributed by atoms with Gasteiger partial charge in [0, 0.05) is 4.90 Å². The summed E-state index contributed by atoms with van der Waals surface area (Å²) in [7, 11) is 0. The molecule has 0 amide bonds. The average molecular weight is 277 g/mol. The van der Waals surface area contributed by atoms with E-state index in [1.807, 2.05) is 0 Å². The van der Waals surface area contributed by atoms with E-state index in [9.17, 15) is 13.2 Å². The average Bonchev–Trinajstić information content (AvgIpc) is 2.09. The van der Waals surface area contributed by atoms with E-state index in [4.69, 9.17) is 28.3 Å². The summed E-state index contributed by atoms with van der Waals surface area (Å²) in [6.45, 7) is 0. The second-order valence-electron chi connectivity index (χ2n) is 2.64. The van der Waals surface area contributed by atoms with Crippen LogP contribution in [0.25, 0.3) is 0 Å². The second kappa shape index (κ2) is 4.72. The summed E-state index contributed by atoms with van der Waals surface area (Å²) in [5.41, 5.74) is 0. The highest BCUT2D eigenvalue weighted by Crippen LogP contribution is 2.37. The quantitative estimate of drug-likeness (QED) is 0.811. The normalized spacial score (nSPS) is 11.8. The molecule has 0 unspecified atom stereocenters. The van der Waals surface area contributed by atoms with Crippen LogP contribution < -0.4 is 0 Å². The van der Waals surface area contributed by atoms with Crippen molar-refractivity contribution >= 4 is 35.0 Å². The fraction of sp³-hybridized carbons (Fsp3) is 0.250. The first kappa shape index (κ1) is 12.8. The van der Waals surface area contributed by atoms with Crippen LogP contribution in [0.2, 0.25) is 10.0 Å². The van der Waals surface area contributed by atoms with E-state index in [2.05, 4.69) is 0 Å². The molecule has 0 heterocycles. The third-order valence-electron chi connectivity index (χ3n) is 1.39. The lowest BCUT2D eigenvalue weighted by Crippen LogP contribution is -2.10. The Labute approximate surface area is 98.2 Å². The van der Waals surface area contributed by atoms with E-state index in [1.165, 1.54) is 12.1 Å². The molecule has 84 valence electrons. The molecular weight excluding hydrogens is 272 g/mol. The molecule has 0 aliphatic heterocycles. The van der Waals surface area contributed by atoms with Crippen LogP contribution >= 0.6 is 35.0 Å². The van der Waals surface area contributed by atoms with Crippen molar-refractivity contribution in [2.24, 2.45) is 0 Å². The number of aromatic hydroxyl groups is 1. The Hall–Kier alpha value is -0.260. The van der Waals surface area contributed by atoms with E-state index in [0.29, 0.717) is 11.8 Å². The minimum atomic E-state index is -4.25. The Bertz CT molecular complexity index is 344. The highest BCUT2D eigenvalue weighted by Gasteiger charge is 2.27. The summed E-state index contributed by atoms with van der Waals surface area (Å²) in [4.78, 5) is 0.264. The summed E-state index contributed by atoms with van der Waals surface area (Å²) in [5, 5.41) is 9.04. The van der Waals surface area contributed by atoms with Crippen LogP contribution in [0, 0.1) is 0 Å². The van der Waals surface area contributed by atoms with Crippen molar-refractivity contribution in [3.8, 4) is 5.75 Å². The zero-order chi connectivity index (χ0) is 11.6. The predicted octanol–water partition coefficient (Wildman–Crippen LogP) is 4.35. The number of rotatable bonds is 2. The number of hydrogen-bond donors (Lipinski definition) is 1. The largest absolute Gasteiger partial charge is 0.505 e. The summed E-state index contributed by atoms with van der Waals surface area (Å²) in [5.74, 6) is -1.35. The monoisotopic (exact) mass is 276 g/mol. The maximum absolute atomic E-state index is 11.9. The summed E-state index contributed by atoms with van der Waals surface area (Å²) >= 11 is 11.6. The molecule has 0 aliphatic rings. The Balaban J connectivity index is 2.80. The highest BCUT2D eigenvalue weighted by atomic mass is 35.5. The van der Waals surface area contributed by atoms with Gasteiger partial charge in [0.25, 0.3) is 0 Å². The number of hydrogen-bond acceptors (Lipinski definition) is 2. The molecule has 15 heavy (non-hydrogen) atoms. The summed E-state index contributed by atoms with van der Waals surface area (Å²) in [6, 6.07) is 2.47. The van der Waals surface area contributed by atoms with Gasteiger partial charge in [-0.05, 0) is 12.1 Å². The third-order valence-corrected chi connectivity index (χ3v) is 3.01. The van der Waals surface area contributed by atoms with Crippen molar-refractivity contribution < 1.29 is 18.3 Å². The minimum absolute atomic E-state index is 0.0628. The molecule has 1 rings (SSSR count). The SMILES string of the molecule is Oc1c(Cl)cc(SCC(F)(F)F)cc1Cl. The first-order valence-corrected chi connectivity index (χ1v) is 5.41. The molecule has 0 atom stereocenters. The highest BCUT2D eigenvalue weighted by molar-refractivity contribution is 7.99. The Morgan fingerprint density at radius 1 is 1.20 bits per heavy atom. The van der Waals surface area contributed by atoms with Crippen LogP contribution in [0.1, 0.15) is 0 Å².